The zero-order chi connectivity index (χ0) is 15.7. The molecule has 2 aliphatic heterocycles. The molecule has 1 aromatic carbocycles. The molecule has 0 saturated carbocycles. The van der Waals surface area contributed by atoms with Crippen LogP contribution in [0.4, 0.5) is 0 Å². The molecule has 1 N–H and O–H groups in total. The number of hydrogen-bond acceptors (Lipinski definition) is 3. The van der Waals surface area contributed by atoms with Crippen molar-refractivity contribution >= 4 is 28.3 Å². The van der Waals surface area contributed by atoms with Gasteiger partial charge in [0.2, 0.25) is 0 Å². The topological polar surface area (TPSA) is 33.1 Å². The second-order valence-electron chi connectivity index (χ2n) is 6.98. The molecular weight excluding hydrogens is 388 g/mol. The molecule has 2 aromatic rings. The van der Waals surface area contributed by atoms with E-state index in [-0.39, 0.29) is 12.4 Å². The Morgan fingerprint density at radius 3 is 2.62 bits per heavy atom. The van der Waals surface area contributed by atoms with E-state index in [1.165, 1.54) is 51.0 Å². The van der Waals surface area contributed by atoms with Gasteiger partial charge in [0.25, 0.3) is 0 Å². The van der Waals surface area contributed by atoms with Crippen LogP contribution >= 0.6 is 28.3 Å². The van der Waals surface area contributed by atoms with Gasteiger partial charge in [0.05, 0.1) is 11.9 Å². The van der Waals surface area contributed by atoms with Gasteiger partial charge in [-0.1, -0.05) is 15.9 Å². The summed E-state index contributed by atoms with van der Waals surface area (Å²) in [5.41, 5.74) is 2.99. The molecule has 0 aliphatic carbocycles. The number of rotatable bonds is 3. The van der Waals surface area contributed by atoms with Gasteiger partial charge in [-0.3, -0.25) is 4.90 Å². The van der Waals surface area contributed by atoms with Gasteiger partial charge in [-0.2, -0.15) is 5.10 Å². The SMILES string of the molecule is Brc1ccc(-n2cc(CN3CCC4(CCNCC4)C3)cn2)cc1.Cl. The second kappa shape index (κ2) is 7.56. The van der Waals surface area contributed by atoms with Crippen LogP contribution in [0.25, 0.3) is 5.69 Å². The number of benzene rings is 1. The fourth-order valence-electron chi connectivity index (χ4n) is 3.96. The van der Waals surface area contributed by atoms with Crippen molar-refractivity contribution in [2.24, 2.45) is 5.41 Å². The van der Waals surface area contributed by atoms with Gasteiger partial charge in [-0.05, 0) is 68.6 Å². The lowest BCUT2D eigenvalue weighted by Crippen LogP contribution is -2.38. The van der Waals surface area contributed by atoms with Crippen molar-refractivity contribution in [3.05, 3.63) is 46.7 Å². The predicted molar refractivity (Wildman–Crippen MR) is 103 cm³/mol. The van der Waals surface area contributed by atoms with E-state index >= 15 is 0 Å². The average Bonchev–Trinajstić information content (AvgIpc) is 3.17. The highest BCUT2D eigenvalue weighted by Gasteiger charge is 2.38. The Morgan fingerprint density at radius 1 is 1.12 bits per heavy atom. The largest absolute Gasteiger partial charge is 0.317 e. The van der Waals surface area contributed by atoms with E-state index in [1.54, 1.807) is 0 Å². The molecule has 0 unspecified atom stereocenters. The Morgan fingerprint density at radius 2 is 1.88 bits per heavy atom. The lowest BCUT2D eigenvalue weighted by molar-refractivity contribution is 0.194. The van der Waals surface area contributed by atoms with E-state index in [0.29, 0.717) is 5.41 Å². The van der Waals surface area contributed by atoms with Gasteiger partial charge in [-0.15, -0.1) is 12.4 Å². The maximum atomic E-state index is 4.53. The van der Waals surface area contributed by atoms with Crippen molar-refractivity contribution in [2.75, 3.05) is 26.2 Å². The van der Waals surface area contributed by atoms with Crippen molar-refractivity contribution < 1.29 is 0 Å². The highest BCUT2D eigenvalue weighted by atomic mass is 79.9. The number of piperidine rings is 1. The summed E-state index contributed by atoms with van der Waals surface area (Å²) in [6, 6.07) is 8.28. The van der Waals surface area contributed by atoms with Gasteiger partial charge in [0, 0.05) is 29.3 Å². The molecule has 0 atom stereocenters. The maximum absolute atomic E-state index is 4.53. The van der Waals surface area contributed by atoms with Crippen LogP contribution in [0.5, 0.6) is 0 Å². The van der Waals surface area contributed by atoms with E-state index in [0.717, 1.165) is 16.7 Å². The van der Waals surface area contributed by atoms with Gasteiger partial charge in [0.1, 0.15) is 0 Å². The minimum Gasteiger partial charge on any atom is -0.317 e. The molecule has 24 heavy (non-hydrogen) atoms. The summed E-state index contributed by atoms with van der Waals surface area (Å²) < 4.78 is 3.07. The Kier molecular flexibility index (Phi) is 5.65. The van der Waals surface area contributed by atoms with Crippen LogP contribution in [-0.2, 0) is 6.54 Å². The van der Waals surface area contributed by atoms with Crippen molar-refractivity contribution in [2.45, 2.75) is 25.8 Å². The molecule has 3 heterocycles. The summed E-state index contributed by atoms with van der Waals surface area (Å²) in [7, 11) is 0. The molecule has 2 fully saturated rings. The van der Waals surface area contributed by atoms with E-state index < -0.39 is 0 Å². The van der Waals surface area contributed by atoms with Crippen molar-refractivity contribution in [1.82, 2.24) is 20.0 Å². The molecule has 2 saturated heterocycles. The number of likely N-dealkylation sites (tertiary alicyclic amines) is 1. The average molecular weight is 412 g/mol. The van der Waals surface area contributed by atoms with Crippen LogP contribution < -0.4 is 5.32 Å². The third-order valence-corrected chi connectivity index (χ3v) is 5.84. The second-order valence-corrected chi connectivity index (χ2v) is 7.90. The normalized spacial score (nSPS) is 20.2. The van der Waals surface area contributed by atoms with Gasteiger partial charge >= 0.3 is 0 Å². The quantitative estimate of drug-likeness (QED) is 0.837. The molecule has 1 aromatic heterocycles. The van der Waals surface area contributed by atoms with Gasteiger partial charge in [-0.25, -0.2) is 4.68 Å². The fourth-order valence-corrected chi connectivity index (χ4v) is 4.23. The molecule has 130 valence electrons. The summed E-state index contributed by atoms with van der Waals surface area (Å²) in [6.07, 6.45) is 8.20. The zero-order valence-corrected chi connectivity index (χ0v) is 16.2. The third kappa shape index (κ3) is 3.85. The zero-order valence-electron chi connectivity index (χ0n) is 13.7. The first-order chi connectivity index (χ1) is 11.2. The minimum absolute atomic E-state index is 0. The summed E-state index contributed by atoms with van der Waals surface area (Å²) in [4.78, 5) is 2.61. The fraction of sp³-hybridized carbons (Fsp3) is 0.500. The smallest absolute Gasteiger partial charge is 0.0646 e. The predicted octanol–water partition coefficient (Wildman–Crippen LogP) is 3.63. The molecule has 4 rings (SSSR count). The Labute approximate surface area is 158 Å². The molecule has 4 nitrogen and oxygen atoms in total. The summed E-state index contributed by atoms with van der Waals surface area (Å²) in [5.74, 6) is 0. The van der Waals surface area contributed by atoms with E-state index in [9.17, 15) is 0 Å². The minimum atomic E-state index is 0. The highest BCUT2D eigenvalue weighted by Crippen LogP contribution is 2.38. The molecule has 0 radical (unpaired) electrons. The molecule has 0 amide bonds. The van der Waals surface area contributed by atoms with Crippen LogP contribution in [0.15, 0.2) is 41.1 Å². The number of aromatic nitrogens is 2. The number of nitrogens with zero attached hydrogens (tertiary/aromatic N) is 3. The lowest BCUT2D eigenvalue weighted by Gasteiger charge is -2.33. The van der Waals surface area contributed by atoms with Crippen LogP contribution in [0.3, 0.4) is 0 Å². The first-order valence-electron chi connectivity index (χ1n) is 8.45. The van der Waals surface area contributed by atoms with Crippen molar-refractivity contribution in [1.29, 1.82) is 0 Å². The molecule has 0 bridgehead atoms. The van der Waals surface area contributed by atoms with Crippen LogP contribution in [0, 0.1) is 5.41 Å². The van der Waals surface area contributed by atoms with Gasteiger partial charge in [0.15, 0.2) is 0 Å². The first-order valence-corrected chi connectivity index (χ1v) is 9.24. The Bertz CT molecular complexity index is 664. The van der Waals surface area contributed by atoms with Crippen molar-refractivity contribution in [3.8, 4) is 5.69 Å². The van der Waals surface area contributed by atoms with E-state index in [2.05, 4.69) is 61.7 Å². The first kappa shape index (κ1) is 17.9. The monoisotopic (exact) mass is 410 g/mol. The summed E-state index contributed by atoms with van der Waals surface area (Å²) in [6.45, 7) is 5.87. The summed E-state index contributed by atoms with van der Waals surface area (Å²) in [5, 5.41) is 8.02. The molecular formula is C18H24BrClN4. The van der Waals surface area contributed by atoms with Gasteiger partial charge < -0.3 is 5.32 Å². The standard InChI is InChI=1S/C18H23BrN4.ClH/c19-16-1-3-17(4-2-16)23-13-15(11-21-23)12-22-10-7-18(14-22)5-8-20-9-6-18;/h1-4,11,13,20H,5-10,12,14H2;1H. The number of hydrogen-bond donors (Lipinski definition) is 1. The summed E-state index contributed by atoms with van der Waals surface area (Å²) >= 11 is 3.48. The Hall–Kier alpha value is -0.880. The van der Waals surface area contributed by atoms with E-state index in [1.807, 2.05) is 10.9 Å². The van der Waals surface area contributed by atoms with Crippen LogP contribution in [0.2, 0.25) is 0 Å². The maximum Gasteiger partial charge on any atom is 0.0646 e. The molecule has 6 heteroatoms. The third-order valence-electron chi connectivity index (χ3n) is 5.32. The number of halogens is 2. The van der Waals surface area contributed by atoms with E-state index in [4.69, 9.17) is 0 Å². The van der Waals surface area contributed by atoms with Crippen molar-refractivity contribution in [3.63, 3.8) is 0 Å². The van der Waals surface area contributed by atoms with Crippen LogP contribution in [-0.4, -0.2) is 40.9 Å². The Balaban J connectivity index is 0.00000169. The van der Waals surface area contributed by atoms with Crippen LogP contribution in [0.1, 0.15) is 24.8 Å². The highest BCUT2D eigenvalue weighted by molar-refractivity contribution is 9.10. The number of nitrogens with one attached hydrogen (secondary N) is 1. The molecule has 1 spiro atoms. The lowest BCUT2D eigenvalue weighted by atomic mass is 9.78. The molecule has 2 aliphatic rings.